The molecule has 1 aliphatic rings. The van der Waals surface area contributed by atoms with Crippen LogP contribution < -0.4 is 4.72 Å². The monoisotopic (exact) mass is 386 g/mol. The fraction of sp³-hybridized carbons (Fsp3) is 0.222. The van der Waals surface area contributed by atoms with E-state index >= 15 is 0 Å². The summed E-state index contributed by atoms with van der Waals surface area (Å²) in [7, 11) is -7.27. The first-order valence-corrected chi connectivity index (χ1v) is 9.31. The van der Waals surface area contributed by atoms with E-state index in [4.69, 9.17) is 11.6 Å². The summed E-state index contributed by atoms with van der Waals surface area (Å²) in [5, 5.41) is 0.807. The van der Waals surface area contributed by atoms with E-state index < -0.39 is 25.9 Å². The summed E-state index contributed by atoms with van der Waals surface area (Å²) in [4.78, 5) is 3.50. The Labute approximate surface area is 124 Å². The van der Waals surface area contributed by atoms with E-state index in [-0.39, 0.29) is 15.8 Å². The fourth-order valence-corrected chi connectivity index (χ4v) is 4.98. The molecule has 2 rings (SSSR count). The Morgan fingerprint density at radius 1 is 1.47 bits per heavy atom. The molecule has 6 nitrogen and oxygen atoms in total. The standard InChI is InChI=1S/C9H8BrClN2O4S2/c10-6-3-8(9(11)12-4-6)19(16,17)13-7-1-2-18(14,15)5-7/h1-4,7,13H,5H2. The summed E-state index contributed by atoms with van der Waals surface area (Å²) >= 11 is 8.83. The van der Waals surface area contributed by atoms with Crippen molar-refractivity contribution in [3.8, 4) is 0 Å². The Balaban J connectivity index is 2.29. The van der Waals surface area contributed by atoms with Gasteiger partial charge in [0.15, 0.2) is 9.84 Å². The Hall–Kier alpha value is -0.480. The molecule has 1 N–H and O–H groups in total. The van der Waals surface area contributed by atoms with Gasteiger partial charge in [0, 0.05) is 16.1 Å². The maximum Gasteiger partial charge on any atom is 0.244 e. The molecule has 0 radical (unpaired) electrons. The second-order valence-electron chi connectivity index (χ2n) is 3.83. The van der Waals surface area contributed by atoms with Gasteiger partial charge >= 0.3 is 0 Å². The van der Waals surface area contributed by atoms with Crippen molar-refractivity contribution < 1.29 is 16.8 Å². The molecule has 2 heterocycles. The number of aromatic nitrogens is 1. The molecule has 0 spiro atoms. The predicted octanol–water partition coefficient (Wildman–Crippen LogP) is 1.09. The van der Waals surface area contributed by atoms with Crippen LogP contribution in [-0.4, -0.2) is 33.6 Å². The van der Waals surface area contributed by atoms with Gasteiger partial charge in [0.25, 0.3) is 0 Å². The van der Waals surface area contributed by atoms with Crippen molar-refractivity contribution in [3.63, 3.8) is 0 Å². The average molecular weight is 388 g/mol. The molecule has 1 atom stereocenters. The Kier molecular flexibility index (Phi) is 4.03. The Morgan fingerprint density at radius 3 is 2.74 bits per heavy atom. The molecule has 19 heavy (non-hydrogen) atoms. The molecule has 10 heteroatoms. The second-order valence-corrected chi connectivity index (χ2v) is 8.72. The van der Waals surface area contributed by atoms with Crippen molar-refractivity contribution >= 4 is 47.4 Å². The molecule has 0 amide bonds. The van der Waals surface area contributed by atoms with Crippen molar-refractivity contribution in [1.29, 1.82) is 0 Å². The first kappa shape index (κ1) is 14.9. The van der Waals surface area contributed by atoms with Gasteiger partial charge in [-0.25, -0.2) is 26.5 Å². The molecule has 1 aliphatic heterocycles. The van der Waals surface area contributed by atoms with E-state index in [2.05, 4.69) is 25.6 Å². The third-order valence-electron chi connectivity index (χ3n) is 2.30. The lowest BCUT2D eigenvalue weighted by molar-refractivity contribution is 0.574. The van der Waals surface area contributed by atoms with Crippen LogP contribution >= 0.6 is 27.5 Å². The molecular weight excluding hydrogens is 380 g/mol. The molecule has 0 fully saturated rings. The molecule has 1 aromatic heterocycles. The maximum absolute atomic E-state index is 12.1. The summed E-state index contributed by atoms with van der Waals surface area (Å²) in [5.74, 6) is -0.300. The van der Waals surface area contributed by atoms with Crippen molar-refractivity contribution in [2.75, 3.05) is 5.75 Å². The van der Waals surface area contributed by atoms with E-state index in [1.165, 1.54) is 18.3 Å². The first-order valence-electron chi connectivity index (χ1n) is 4.94. The third-order valence-corrected chi connectivity index (χ3v) is 6.05. The number of rotatable bonds is 3. The van der Waals surface area contributed by atoms with Crippen LogP contribution in [0.3, 0.4) is 0 Å². The number of hydrogen-bond donors (Lipinski definition) is 1. The maximum atomic E-state index is 12.1. The van der Waals surface area contributed by atoms with Gasteiger partial charge in [-0.05, 0) is 22.0 Å². The third kappa shape index (κ3) is 3.54. The predicted molar refractivity (Wildman–Crippen MR) is 74.0 cm³/mol. The Bertz CT molecular complexity index is 745. The lowest BCUT2D eigenvalue weighted by Gasteiger charge is -2.11. The van der Waals surface area contributed by atoms with Crippen molar-refractivity contribution in [2.24, 2.45) is 0 Å². The number of sulfone groups is 1. The zero-order chi connectivity index (χ0) is 14.3. The minimum Gasteiger partial charge on any atom is -0.242 e. The number of halogens is 2. The van der Waals surface area contributed by atoms with Gasteiger partial charge in [0.1, 0.15) is 10.0 Å². The average Bonchev–Trinajstić information content (AvgIpc) is 2.60. The van der Waals surface area contributed by atoms with Crippen LogP contribution in [0, 0.1) is 0 Å². The highest BCUT2D eigenvalue weighted by atomic mass is 79.9. The van der Waals surface area contributed by atoms with Crippen LogP contribution in [-0.2, 0) is 19.9 Å². The topological polar surface area (TPSA) is 93.2 Å². The van der Waals surface area contributed by atoms with Crippen molar-refractivity contribution in [1.82, 2.24) is 9.71 Å². The number of pyridine rings is 1. The number of sulfonamides is 1. The van der Waals surface area contributed by atoms with Gasteiger partial charge < -0.3 is 0 Å². The molecule has 1 unspecified atom stereocenters. The molecule has 0 aliphatic carbocycles. The van der Waals surface area contributed by atoms with Crippen molar-refractivity contribution in [2.45, 2.75) is 10.9 Å². The lowest BCUT2D eigenvalue weighted by atomic mass is 10.4. The summed E-state index contributed by atoms with van der Waals surface area (Å²) in [6.07, 6.45) is 2.65. The normalized spacial score (nSPS) is 21.7. The smallest absolute Gasteiger partial charge is 0.242 e. The van der Waals surface area contributed by atoms with Crippen LogP contribution in [0.2, 0.25) is 5.15 Å². The van der Waals surface area contributed by atoms with Crippen molar-refractivity contribution in [3.05, 3.63) is 33.4 Å². The minimum absolute atomic E-state index is 0.180. The van der Waals surface area contributed by atoms with Gasteiger partial charge in [0.2, 0.25) is 10.0 Å². The number of hydrogen-bond acceptors (Lipinski definition) is 5. The van der Waals surface area contributed by atoms with Gasteiger partial charge in [0.05, 0.1) is 11.8 Å². The summed E-state index contributed by atoms with van der Waals surface area (Å²) in [5.41, 5.74) is 0. The quantitative estimate of drug-likeness (QED) is 0.784. The van der Waals surface area contributed by atoms with Gasteiger partial charge in [-0.2, -0.15) is 0 Å². The highest BCUT2D eigenvalue weighted by Gasteiger charge is 2.28. The fourth-order valence-electron chi connectivity index (χ4n) is 1.50. The van der Waals surface area contributed by atoms with E-state index in [0.717, 1.165) is 5.41 Å². The minimum atomic E-state index is -3.94. The van der Waals surface area contributed by atoms with Crippen LogP contribution in [0.25, 0.3) is 0 Å². The zero-order valence-corrected chi connectivity index (χ0v) is 13.2. The molecule has 0 saturated carbocycles. The molecule has 1 aromatic rings. The highest BCUT2D eigenvalue weighted by Crippen LogP contribution is 2.23. The Morgan fingerprint density at radius 2 is 2.16 bits per heavy atom. The zero-order valence-electron chi connectivity index (χ0n) is 9.25. The highest BCUT2D eigenvalue weighted by molar-refractivity contribution is 9.10. The SMILES string of the molecule is O=S1(=O)C=CC(NS(=O)(=O)c2cc(Br)cnc2Cl)C1. The van der Waals surface area contributed by atoms with Gasteiger partial charge in [-0.3, -0.25) is 0 Å². The second kappa shape index (κ2) is 5.13. The molecule has 0 saturated heterocycles. The van der Waals surface area contributed by atoms with E-state index in [0.29, 0.717) is 4.47 Å². The molecular formula is C9H8BrClN2O4S2. The van der Waals surface area contributed by atoms with E-state index in [1.807, 2.05) is 0 Å². The number of nitrogens with zero attached hydrogens (tertiary/aromatic N) is 1. The van der Waals surface area contributed by atoms with Crippen LogP contribution in [0.4, 0.5) is 0 Å². The summed E-state index contributed by atoms with van der Waals surface area (Å²) < 4.78 is 49.3. The number of nitrogens with one attached hydrogen (secondary N) is 1. The summed E-state index contributed by atoms with van der Waals surface area (Å²) in [6.45, 7) is 0. The van der Waals surface area contributed by atoms with Crippen LogP contribution in [0.1, 0.15) is 0 Å². The van der Waals surface area contributed by atoms with E-state index in [9.17, 15) is 16.8 Å². The largest absolute Gasteiger partial charge is 0.244 e. The summed E-state index contributed by atoms with van der Waals surface area (Å²) in [6, 6.07) is 0.496. The van der Waals surface area contributed by atoms with Gasteiger partial charge in [-0.15, -0.1) is 0 Å². The molecule has 0 aromatic carbocycles. The molecule has 104 valence electrons. The molecule has 0 bridgehead atoms. The first-order chi connectivity index (χ1) is 8.70. The van der Waals surface area contributed by atoms with Gasteiger partial charge in [-0.1, -0.05) is 17.7 Å². The van der Waals surface area contributed by atoms with Crippen LogP contribution in [0.15, 0.2) is 33.1 Å². The van der Waals surface area contributed by atoms with Crippen LogP contribution in [0.5, 0.6) is 0 Å². The lowest BCUT2D eigenvalue weighted by Crippen LogP contribution is -2.35. The van der Waals surface area contributed by atoms with E-state index in [1.54, 1.807) is 0 Å².